The van der Waals surface area contributed by atoms with Crippen LogP contribution in [0.5, 0.6) is 0 Å². The van der Waals surface area contributed by atoms with Crippen LogP contribution in [0.3, 0.4) is 0 Å². The first-order valence-corrected chi connectivity index (χ1v) is 5.79. The molecule has 0 saturated carbocycles. The van der Waals surface area contributed by atoms with Gasteiger partial charge in [0.1, 0.15) is 0 Å². The molecule has 2 aromatic rings. The molecule has 2 heterocycles. The Kier molecular flexibility index (Phi) is 2.11. The van der Waals surface area contributed by atoms with Gasteiger partial charge in [-0.1, -0.05) is 6.07 Å². The van der Waals surface area contributed by atoms with Crippen LogP contribution in [0.2, 0.25) is 0 Å². The number of fused-ring (bicyclic) bond motifs is 1. The molecule has 1 aromatic heterocycles. The lowest BCUT2D eigenvalue weighted by molar-refractivity contribution is 0.776. The van der Waals surface area contributed by atoms with E-state index in [2.05, 4.69) is 35.2 Å². The van der Waals surface area contributed by atoms with Gasteiger partial charge in [0.25, 0.3) is 0 Å². The van der Waals surface area contributed by atoms with Crippen molar-refractivity contribution in [1.82, 2.24) is 9.78 Å². The smallest absolute Gasteiger partial charge is 0.0908 e. The van der Waals surface area contributed by atoms with Crippen molar-refractivity contribution in [2.45, 2.75) is 6.42 Å². The van der Waals surface area contributed by atoms with E-state index in [1.165, 1.54) is 11.3 Å². The highest BCUT2D eigenvalue weighted by Crippen LogP contribution is 2.33. The first kappa shape index (κ1) is 10.2. The van der Waals surface area contributed by atoms with Crippen LogP contribution >= 0.6 is 0 Å². The van der Waals surface area contributed by atoms with Crippen molar-refractivity contribution in [2.24, 2.45) is 7.05 Å². The van der Waals surface area contributed by atoms with E-state index in [0.717, 1.165) is 29.9 Å². The second kappa shape index (κ2) is 3.52. The van der Waals surface area contributed by atoms with Crippen LogP contribution < -0.4 is 10.6 Å². The standard InChI is InChI=1S/C13H16N4/c1-16-6-5-9-7-10(3-4-12(9)16)13-11(14)8-15-17(13)2/h3-4,7-8H,5-6,14H2,1-2H3. The number of hydrogen-bond donors (Lipinski definition) is 1. The maximum Gasteiger partial charge on any atom is 0.0908 e. The number of nitrogen functional groups attached to an aromatic ring is 1. The molecule has 0 amide bonds. The Bertz CT molecular complexity index is 551. The van der Waals surface area contributed by atoms with Crippen LogP contribution in [0.1, 0.15) is 5.56 Å². The van der Waals surface area contributed by atoms with Crippen LogP contribution in [0.25, 0.3) is 11.3 Å². The number of anilines is 2. The third-order valence-corrected chi connectivity index (χ3v) is 3.45. The first-order valence-electron chi connectivity index (χ1n) is 5.79. The van der Waals surface area contributed by atoms with Crippen molar-refractivity contribution in [3.8, 4) is 11.3 Å². The van der Waals surface area contributed by atoms with Crippen molar-refractivity contribution in [3.63, 3.8) is 0 Å². The first-order chi connectivity index (χ1) is 8.16. The highest BCUT2D eigenvalue weighted by Gasteiger charge is 2.17. The molecular formula is C13H16N4. The lowest BCUT2D eigenvalue weighted by Crippen LogP contribution is -2.12. The molecule has 1 aliphatic heterocycles. The summed E-state index contributed by atoms with van der Waals surface area (Å²) in [5, 5.41) is 4.18. The number of hydrogen-bond acceptors (Lipinski definition) is 3. The Labute approximate surface area is 101 Å². The van der Waals surface area contributed by atoms with Gasteiger partial charge in [-0.05, 0) is 24.1 Å². The minimum atomic E-state index is 0.735. The number of aryl methyl sites for hydroxylation is 1. The zero-order valence-electron chi connectivity index (χ0n) is 10.1. The molecule has 0 spiro atoms. The Morgan fingerprint density at radius 3 is 2.82 bits per heavy atom. The molecule has 4 heteroatoms. The Morgan fingerprint density at radius 1 is 1.29 bits per heavy atom. The zero-order valence-corrected chi connectivity index (χ0v) is 10.1. The number of rotatable bonds is 1. The Morgan fingerprint density at radius 2 is 2.12 bits per heavy atom. The van der Waals surface area contributed by atoms with Gasteiger partial charge < -0.3 is 10.6 Å². The van der Waals surface area contributed by atoms with Gasteiger partial charge in [-0.25, -0.2) is 0 Å². The lowest BCUT2D eigenvalue weighted by Gasteiger charge is -2.12. The van der Waals surface area contributed by atoms with E-state index < -0.39 is 0 Å². The summed E-state index contributed by atoms with van der Waals surface area (Å²) < 4.78 is 1.83. The van der Waals surface area contributed by atoms with Gasteiger partial charge >= 0.3 is 0 Å². The molecule has 88 valence electrons. The summed E-state index contributed by atoms with van der Waals surface area (Å²) in [6.45, 7) is 1.10. The number of benzene rings is 1. The molecule has 0 saturated heterocycles. The van der Waals surface area contributed by atoms with E-state index in [4.69, 9.17) is 5.73 Å². The van der Waals surface area contributed by atoms with Crippen molar-refractivity contribution in [2.75, 3.05) is 24.2 Å². The minimum absolute atomic E-state index is 0.735. The molecule has 0 unspecified atom stereocenters. The highest BCUT2D eigenvalue weighted by atomic mass is 15.3. The molecule has 0 bridgehead atoms. The number of aromatic nitrogens is 2. The van der Waals surface area contributed by atoms with Crippen LogP contribution in [0.4, 0.5) is 11.4 Å². The molecule has 0 radical (unpaired) electrons. The van der Waals surface area contributed by atoms with Crippen molar-refractivity contribution < 1.29 is 0 Å². The second-order valence-electron chi connectivity index (χ2n) is 4.59. The van der Waals surface area contributed by atoms with Gasteiger partial charge in [0.15, 0.2) is 0 Å². The third-order valence-electron chi connectivity index (χ3n) is 3.45. The SMILES string of the molecule is CN1CCc2cc(-c3c(N)cnn3C)ccc21. The molecule has 0 atom stereocenters. The molecular weight excluding hydrogens is 212 g/mol. The summed E-state index contributed by atoms with van der Waals surface area (Å²) >= 11 is 0. The summed E-state index contributed by atoms with van der Waals surface area (Å²) in [7, 11) is 4.05. The van der Waals surface area contributed by atoms with E-state index in [0.29, 0.717) is 0 Å². The minimum Gasteiger partial charge on any atom is -0.396 e. The van der Waals surface area contributed by atoms with Gasteiger partial charge in [-0.3, -0.25) is 4.68 Å². The Balaban J connectivity index is 2.12. The second-order valence-corrected chi connectivity index (χ2v) is 4.59. The number of nitrogens with zero attached hydrogens (tertiary/aromatic N) is 3. The fraction of sp³-hybridized carbons (Fsp3) is 0.308. The van der Waals surface area contributed by atoms with Gasteiger partial charge in [0, 0.05) is 31.9 Å². The number of nitrogens with two attached hydrogens (primary N) is 1. The van der Waals surface area contributed by atoms with Crippen molar-refractivity contribution >= 4 is 11.4 Å². The summed E-state index contributed by atoms with van der Waals surface area (Å²) in [6.07, 6.45) is 2.81. The van der Waals surface area contributed by atoms with E-state index in [-0.39, 0.29) is 0 Å². The molecule has 3 rings (SSSR count). The summed E-state index contributed by atoms with van der Waals surface area (Å²) in [5.41, 5.74) is 11.6. The Hall–Kier alpha value is -1.97. The lowest BCUT2D eigenvalue weighted by atomic mass is 10.1. The van der Waals surface area contributed by atoms with E-state index in [9.17, 15) is 0 Å². The van der Waals surface area contributed by atoms with E-state index in [1.54, 1.807) is 6.20 Å². The van der Waals surface area contributed by atoms with Gasteiger partial charge in [0.05, 0.1) is 17.6 Å². The van der Waals surface area contributed by atoms with Gasteiger partial charge in [-0.2, -0.15) is 5.10 Å². The summed E-state index contributed by atoms with van der Waals surface area (Å²) in [6, 6.07) is 6.52. The molecule has 0 fully saturated rings. The largest absolute Gasteiger partial charge is 0.396 e. The number of likely N-dealkylation sites (N-methyl/N-ethyl adjacent to an activating group) is 1. The van der Waals surface area contributed by atoms with Crippen LogP contribution in [-0.4, -0.2) is 23.4 Å². The average molecular weight is 228 g/mol. The van der Waals surface area contributed by atoms with Gasteiger partial charge in [0.2, 0.25) is 0 Å². The summed E-state index contributed by atoms with van der Waals surface area (Å²) in [5.74, 6) is 0. The summed E-state index contributed by atoms with van der Waals surface area (Å²) in [4.78, 5) is 2.28. The van der Waals surface area contributed by atoms with Crippen molar-refractivity contribution in [3.05, 3.63) is 30.0 Å². The predicted molar refractivity (Wildman–Crippen MR) is 70.0 cm³/mol. The zero-order chi connectivity index (χ0) is 12.0. The monoisotopic (exact) mass is 228 g/mol. The highest BCUT2D eigenvalue weighted by molar-refractivity contribution is 5.75. The van der Waals surface area contributed by atoms with Crippen molar-refractivity contribution in [1.29, 1.82) is 0 Å². The van der Waals surface area contributed by atoms with Crippen LogP contribution in [-0.2, 0) is 13.5 Å². The third kappa shape index (κ3) is 1.48. The van der Waals surface area contributed by atoms with Gasteiger partial charge in [-0.15, -0.1) is 0 Å². The topological polar surface area (TPSA) is 47.1 Å². The molecule has 0 aliphatic carbocycles. The molecule has 17 heavy (non-hydrogen) atoms. The van der Waals surface area contributed by atoms with Crippen LogP contribution in [0.15, 0.2) is 24.4 Å². The molecule has 4 nitrogen and oxygen atoms in total. The van der Waals surface area contributed by atoms with Crippen LogP contribution in [0, 0.1) is 0 Å². The quantitative estimate of drug-likeness (QED) is 0.807. The fourth-order valence-corrected chi connectivity index (χ4v) is 2.52. The maximum absolute atomic E-state index is 5.95. The average Bonchev–Trinajstić information content (AvgIpc) is 2.83. The molecule has 1 aromatic carbocycles. The molecule has 1 aliphatic rings. The maximum atomic E-state index is 5.95. The predicted octanol–water partition coefficient (Wildman–Crippen LogP) is 1.66. The fourth-order valence-electron chi connectivity index (χ4n) is 2.52. The molecule has 2 N–H and O–H groups in total. The van der Waals surface area contributed by atoms with E-state index in [1.807, 2.05) is 11.7 Å². The van der Waals surface area contributed by atoms with E-state index >= 15 is 0 Å². The normalized spacial score (nSPS) is 14.1.